The number of carbonyl (C=O) groups is 2. The number of ether oxygens (including phenoxy) is 2. The van der Waals surface area contributed by atoms with Crippen molar-refractivity contribution in [1.29, 1.82) is 0 Å². The Labute approximate surface area is 158 Å². The first-order chi connectivity index (χ1) is 12.3. The number of sulfonamides is 1. The Kier molecular flexibility index (Phi) is 9.00. The molecule has 0 aliphatic carbocycles. The van der Waals surface area contributed by atoms with Crippen molar-refractivity contribution < 1.29 is 27.5 Å². The van der Waals surface area contributed by atoms with E-state index in [0.717, 1.165) is 6.07 Å². The topological polar surface area (TPSA) is 102 Å². The third-order valence-electron chi connectivity index (χ3n) is 3.45. The van der Waals surface area contributed by atoms with Gasteiger partial charge in [0.2, 0.25) is 10.0 Å². The molecule has 0 unspecified atom stereocenters. The smallest absolute Gasteiger partial charge is 0.338 e. The molecule has 0 saturated heterocycles. The molecule has 0 aliphatic rings. The number of carbonyl (C=O) groups excluding carboxylic acids is 2. The summed E-state index contributed by atoms with van der Waals surface area (Å²) in [4.78, 5) is 23.5. The molecule has 0 spiro atoms. The van der Waals surface area contributed by atoms with Crippen LogP contribution in [0.15, 0.2) is 23.1 Å². The van der Waals surface area contributed by atoms with Gasteiger partial charge in [0.25, 0.3) is 5.91 Å². The van der Waals surface area contributed by atoms with Gasteiger partial charge in [0.1, 0.15) is 4.90 Å². The fourth-order valence-electron chi connectivity index (χ4n) is 2.09. The van der Waals surface area contributed by atoms with E-state index in [-0.39, 0.29) is 28.6 Å². The maximum Gasteiger partial charge on any atom is 0.338 e. The van der Waals surface area contributed by atoms with Gasteiger partial charge in [0, 0.05) is 26.7 Å². The summed E-state index contributed by atoms with van der Waals surface area (Å²) in [6.07, 6.45) is 0. The molecule has 0 bridgehead atoms. The van der Waals surface area contributed by atoms with E-state index in [1.165, 1.54) is 23.5 Å². The van der Waals surface area contributed by atoms with Gasteiger partial charge in [0.05, 0.1) is 17.2 Å². The van der Waals surface area contributed by atoms with Crippen LogP contribution in [-0.2, 0) is 24.3 Å². The summed E-state index contributed by atoms with van der Waals surface area (Å²) in [5.41, 5.74) is -0.00942. The Morgan fingerprint density at radius 1 is 1.23 bits per heavy atom. The number of methoxy groups -OCH3 is 1. The molecule has 0 radical (unpaired) electrons. The Hall–Kier alpha value is -1.68. The zero-order chi connectivity index (χ0) is 19.7. The van der Waals surface area contributed by atoms with Crippen molar-refractivity contribution >= 4 is 33.5 Å². The average molecular weight is 407 g/mol. The lowest BCUT2D eigenvalue weighted by molar-refractivity contribution is -0.124. The molecule has 26 heavy (non-hydrogen) atoms. The average Bonchev–Trinajstić information content (AvgIpc) is 2.61. The monoisotopic (exact) mass is 406 g/mol. The molecule has 0 atom stereocenters. The fraction of sp³-hybridized carbons (Fsp3) is 0.500. The molecule has 0 fully saturated rings. The molecule has 0 saturated carbocycles. The van der Waals surface area contributed by atoms with Gasteiger partial charge < -0.3 is 14.8 Å². The SMILES string of the molecule is CCN(CC)S(=O)(=O)c1cc(C(=O)OCC(=O)NCCOC)ccc1Cl. The maximum absolute atomic E-state index is 12.6. The molecule has 1 rings (SSSR count). The van der Waals surface area contributed by atoms with Gasteiger partial charge in [-0.3, -0.25) is 4.79 Å². The van der Waals surface area contributed by atoms with Crippen molar-refractivity contribution in [3.63, 3.8) is 0 Å². The third-order valence-corrected chi connectivity index (χ3v) is 5.98. The van der Waals surface area contributed by atoms with Crippen molar-refractivity contribution in [1.82, 2.24) is 9.62 Å². The normalized spacial score (nSPS) is 11.4. The molecule has 10 heteroatoms. The van der Waals surface area contributed by atoms with Crippen molar-refractivity contribution in [2.75, 3.05) is 40.0 Å². The lowest BCUT2D eigenvalue weighted by atomic mass is 10.2. The van der Waals surface area contributed by atoms with Crippen molar-refractivity contribution in [2.45, 2.75) is 18.7 Å². The van der Waals surface area contributed by atoms with Gasteiger partial charge in [-0.15, -0.1) is 0 Å². The lowest BCUT2D eigenvalue weighted by Gasteiger charge is -2.19. The molecule has 146 valence electrons. The van der Waals surface area contributed by atoms with E-state index in [1.807, 2.05) is 0 Å². The highest BCUT2D eigenvalue weighted by Crippen LogP contribution is 2.26. The molecular weight excluding hydrogens is 384 g/mol. The molecule has 1 amide bonds. The van der Waals surface area contributed by atoms with E-state index in [1.54, 1.807) is 13.8 Å². The van der Waals surface area contributed by atoms with Crippen LogP contribution in [0.4, 0.5) is 0 Å². The minimum atomic E-state index is -3.83. The van der Waals surface area contributed by atoms with Crippen LogP contribution in [0.5, 0.6) is 0 Å². The zero-order valence-electron chi connectivity index (χ0n) is 15.0. The number of amides is 1. The van der Waals surface area contributed by atoms with E-state index in [0.29, 0.717) is 13.2 Å². The summed E-state index contributed by atoms with van der Waals surface area (Å²) >= 11 is 6.01. The maximum atomic E-state index is 12.6. The van der Waals surface area contributed by atoms with Crippen molar-refractivity contribution in [3.8, 4) is 0 Å². The van der Waals surface area contributed by atoms with Crippen LogP contribution in [0.3, 0.4) is 0 Å². The van der Waals surface area contributed by atoms with Crippen LogP contribution in [-0.4, -0.2) is 64.6 Å². The number of hydrogen-bond donors (Lipinski definition) is 1. The van der Waals surface area contributed by atoms with Crippen LogP contribution in [0.25, 0.3) is 0 Å². The summed E-state index contributed by atoms with van der Waals surface area (Å²) < 4.78 is 36.1. The summed E-state index contributed by atoms with van der Waals surface area (Å²) in [7, 11) is -2.34. The highest BCUT2D eigenvalue weighted by molar-refractivity contribution is 7.89. The van der Waals surface area contributed by atoms with Gasteiger partial charge >= 0.3 is 5.97 Å². The van der Waals surface area contributed by atoms with Crippen molar-refractivity contribution in [2.24, 2.45) is 0 Å². The van der Waals surface area contributed by atoms with E-state index < -0.39 is 28.5 Å². The van der Waals surface area contributed by atoms with Crippen molar-refractivity contribution in [3.05, 3.63) is 28.8 Å². The van der Waals surface area contributed by atoms with E-state index >= 15 is 0 Å². The summed E-state index contributed by atoms with van der Waals surface area (Å²) in [5, 5.41) is 2.51. The van der Waals surface area contributed by atoms with Gasteiger partial charge in [-0.1, -0.05) is 25.4 Å². The largest absolute Gasteiger partial charge is 0.452 e. The number of rotatable bonds is 10. The summed E-state index contributed by atoms with van der Waals surface area (Å²) in [6, 6.07) is 3.81. The number of halogens is 1. The first kappa shape index (κ1) is 22.4. The highest BCUT2D eigenvalue weighted by Gasteiger charge is 2.26. The van der Waals surface area contributed by atoms with Crippen LogP contribution in [0.1, 0.15) is 24.2 Å². The molecule has 1 N–H and O–H groups in total. The Morgan fingerprint density at radius 2 is 1.88 bits per heavy atom. The van der Waals surface area contributed by atoms with Gasteiger partial charge in [-0.2, -0.15) is 4.31 Å². The molecular formula is C16H23ClN2O6S. The molecule has 0 heterocycles. The van der Waals surface area contributed by atoms with Crippen LogP contribution in [0.2, 0.25) is 5.02 Å². The first-order valence-electron chi connectivity index (χ1n) is 8.00. The van der Waals surface area contributed by atoms with E-state index in [9.17, 15) is 18.0 Å². The molecule has 1 aromatic carbocycles. The fourth-order valence-corrected chi connectivity index (χ4v) is 4.05. The predicted octanol–water partition coefficient (Wildman–Crippen LogP) is 1.29. The molecule has 0 aliphatic heterocycles. The van der Waals surface area contributed by atoms with Crippen LogP contribution < -0.4 is 5.32 Å². The van der Waals surface area contributed by atoms with Crippen LogP contribution in [0, 0.1) is 0 Å². The van der Waals surface area contributed by atoms with Gasteiger partial charge in [-0.25, -0.2) is 13.2 Å². The van der Waals surface area contributed by atoms with Crippen LogP contribution >= 0.6 is 11.6 Å². The van der Waals surface area contributed by atoms with E-state index in [2.05, 4.69) is 5.32 Å². The molecule has 0 aromatic heterocycles. The summed E-state index contributed by atoms with van der Waals surface area (Å²) in [6.45, 7) is 4.09. The third kappa shape index (κ3) is 5.94. The predicted molar refractivity (Wildman–Crippen MR) is 96.7 cm³/mol. The Bertz CT molecular complexity index is 734. The first-order valence-corrected chi connectivity index (χ1v) is 9.82. The molecule has 8 nitrogen and oxygen atoms in total. The second-order valence-electron chi connectivity index (χ2n) is 5.15. The highest BCUT2D eigenvalue weighted by atomic mass is 35.5. The second-order valence-corrected chi connectivity index (χ2v) is 7.47. The molecule has 1 aromatic rings. The number of esters is 1. The Balaban J connectivity index is 2.89. The quantitative estimate of drug-likeness (QED) is 0.464. The van der Waals surface area contributed by atoms with E-state index in [4.69, 9.17) is 21.1 Å². The van der Waals surface area contributed by atoms with Gasteiger partial charge in [-0.05, 0) is 18.2 Å². The summed E-state index contributed by atoms with van der Waals surface area (Å²) in [5.74, 6) is -1.31. The standard InChI is InChI=1S/C16H23ClN2O6S/c1-4-19(5-2)26(22,23)14-10-12(6-7-13(14)17)16(21)25-11-15(20)18-8-9-24-3/h6-7,10H,4-5,8-9,11H2,1-3H3,(H,18,20). The number of nitrogens with one attached hydrogen (secondary N) is 1. The second kappa shape index (κ2) is 10.5. The number of benzene rings is 1. The Morgan fingerprint density at radius 3 is 2.46 bits per heavy atom. The number of nitrogens with zero attached hydrogens (tertiary/aromatic N) is 1. The zero-order valence-corrected chi connectivity index (χ0v) is 16.5. The van der Waals surface area contributed by atoms with Gasteiger partial charge in [0.15, 0.2) is 6.61 Å². The lowest BCUT2D eigenvalue weighted by Crippen LogP contribution is -2.31. The minimum absolute atomic E-state index is 0.00533. The minimum Gasteiger partial charge on any atom is -0.452 e. The number of hydrogen-bond acceptors (Lipinski definition) is 6.